The number of rotatable bonds is 3. The molecule has 0 aliphatic rings. The molecule has 0 heterocycles. The number of hydrogen-bond donors (Lipinski definition) is 1. The highest BCUT2D eigenvalue weighted by Gasteiger charge is 2.08. The molecule has 2 rings (SSSR count). The molecule has 0 aliphatic heterocycles. The van der Waals surface area contributed by atoms with E-state index in [0.717, 1.165) is 18.2 Å². The standard InChI is InChI=1S/C14H9ClF2N2/c15-12-2-1-3-14(11(12)7-18)19-8-9-6-10(16)4-5-13(9)17/h1-6,19H,8H2. The van der Waals surface area contributed by atoms with Crippen LogP contribution >= 0.6 is 11.6 Å². The van der Waals surface area contributed by atoms with Crippen LogP contribution in [0.3, 0.4) is 0 Å². The normalized spacial score (nSPS) is 10.0. The molecule has 0 spiro atoms. The van der Waals surface area contributed by atoms with Crippen LogP contribution in [0.2, 0.25) is 5.02 Å². The number of halogens is 3. The van der Waals surface area contributed by atoms with Gasteiger partial charge in [-0.1, -0.05) is 17.7 Å². The van der Waals surface area contributed by atoms with Crippen molar-refractivity contribution in [2.45, 2.75) is 6.54 Å². The maximum atomic E-state index is 13.4. The molecule has 0 radical (unpaired) electrons. The minimum Gasteiger partial charge on any atom is -0.380 e. The Morgan fingerprint density at radius 2 is 2.00 bits per heavy atom. The van der Waals surface area contributed by atoms with Crippen LogP contribution < -0.4 is 5.32 Å². The molecule has 96 valence electrons. The molecule has 0 aromatic heterocycles. The summed E-state index contributed by atoms with van der Waals surface area (Å²) in [7, 11) is 0. The maximum absolute atomic E-state index is 13.4. The van der Waals surface area contributed by atoms with E-state index >= 15 is 0 Å². The molecule has 0 amide bonds. The zero-order valence-electron chi connectivity index (χ0n) is 9.75. The number of benzene rings is 2. The molecule has 0 unspecified atom stereocenters. The fourth-order valence-electron chi connectivity index (χ4n) is 1.65. The fraction of sp³-hybridized carbons (Fsp3) is 0.0714. The minimum atomic E-state index is -0.509. The molecule has 2 nitrogen and oxygen atoms in total. The van der Waals surface area contributed by atoms with E-state index in [1.165, 1.54) is 0 Å². The maximum Gasteiger partial charge on any atom is 0.128 e. The first kappa shape index (κ1) is 13.3. The second kappa shape index (κ2) is 5.68. The summed E-state index contributed by atoms with van der Waals surface area (Å²) in [4.78, 5) is 0. The second-order valence-electron chi connectivity index (χ2n) is 3.86. The van der Waals surface area contributed by atoms with E-state index in [1.54, 1.807) is 18.2 Å². The van der Waals surface area contributed by atoms with Gasteiger partial charge in [0.15, 0.2) is 0 Å². The summed E-state index contributed by atoms with van der Waals surface area (Å²) in [6.07, 6.45) is 0. The molecule has 0 aliphatic carbocycles. The van der Waals surface area contributed by atoms with E-state index in [2.05, 4.69) is 5.32 Å². The van der Waals surface area contributed by atoms with Gasteiger partial charge in [0.25, 0.3) is 0 Å². The lowest BCUT2D eigenvalue weighted by Crippen LogP contribution is -2.04. The first-order chi connectivity index (χ1) is 9.11. The van der Waals surface area contributed by atoms with Gasteiger partial charge in [-0.25, -0.2) is 8.78 Å². The third-order valence-electron chi connectivity index (χ3n) is 2.60. The minimum absolute atomic E-state index is 0.0681. The van der Waals surface area contributed by atoms with E-state index in [-0.39, 0.29) is 17.7 Å². The van der Waals surface area contributed by atoms with Crippen molar-refractivity contribution >= 4 is 17.3 Å². The monoisotopic (exact) mass is 278 g/mol. The third-order valence-corrected chi connectivity index (χ3v) is 2.92. The first-order valence-corrected chi connectivity index (χ1v) is 5.86. The van der Waals surface area contributed by atoms with Gasteiger partial charge in [0.1, 0.15) is 17.7 Å². The summed E-state index contributed by atoms with van der Waals surface area (Å²) in [5.74, 6) is -1.01. The average molecular weight is 279 g/mol. The molecule has 2 aromatic carbocycles. The Morgan fingerprint density at radius 3 is 2.74 bits per heavy atom. The van der Waals surface area contributed by atoms with Gasteiger partial charge >= 0.3 is 0 Å². The third kappa shape index (κ3) is 3.01. The van der Waals surface area contributed by atoms with Gasteiger partial charge in [-0.3, -0.25) is 0 Å². The van der Waals surface area contributed by atoms with Crippen molar-refractivity contribution in [1.82, 2.24) is 0 Å². The number of hydrogen-bond acceptors (Lipinski definition) is 2. The Labute approximate surface area is 114 Å². The number of nitriles is 1. The lowest BCUT2D eigenvalue weighted by molar-refractivity contribution is 0.587. The number of nitrogens with zero attached hydrogens (tertiary/aromatic N) is 1. The highest BCUT2D eigenvalue weighted by atomic mass is 35.5. The van der Waals surface area contributed by atoms with Gasteiger partial charge in [-0.15, -0.1) is 0 Å². The van der Waals surface area contributed by atoms with E-state index in [1.807, 2.05) is 6.07 Å². The SMILES string of the molecule is N#Cc1c(Cl)cccc1NCc1cc(F)ccc1F. The summed E-state index contributed by atoms with van der Waals surface area (Å²) < 4.78 is 26.5. The van der Waals surface area contributed by atoms with Crippen LogP contribution in [0.1, 0.15) is 11.1 Å². The van der Waals surface area contributed by atoms with Crippen LogP contribution in [0.4, 0.5) is 14.5 Å². The summed E-state index contributed by atoms with van der Waals surface area (Å²) in [6, 6.07) is 10.1. The predicted octanol–water partition coefficient (Wildman–Crippen LogP) is 4.10. The van der Waals surface area contributed by atoms with Crippen LogP contribution in [0.15, 0.2) is 36.4 Å². The highest BCUT2D eigenvalue weighted by Crippen LogP contribution is 2.24. The van der Waals surface area contributed by atoms with Crippen molar-refractivity contribution in [1.29, 1.82) is 5.26 Å². The molecule has 1 N–H and O–H groups in total. The van der Waals surface area contributed by atoms with Crippen LogP contribution in [-0.4, -0.2) is 0 Å². The van der Waals surface area contributed by atoms with Gasteiger partial charge in [0, 0.05) is 12.1 Å². The van der Waals surface area contributed by atoms with Crippen LogP contribution in [0, 0.1) is 23.0 Å². The number of anilines is 1. The van der Waals surface area contributed by atoms with E-state index in [0.29, 0.717) is 10.7 Å². The molecule has 5 heteroatoms. The fourth-order valence-corrected chi connectivity index (χ4v) is 1.87. The van der Waals surface area contributed by atoms with Crippen molar-refractivity contribution in [3.63, 3.8) is 0 Å². The summed E-state index contributed by atoms with van der Waals surface area (Å²) in [5.41, 5.74) is 0.948. The summed E-state index contributed by atoms with van der Waals surface area (Å²) >= 11 is 5.87. The topological polar surface area (TPSA) is 35.8 Å². The van der Waals surface area contributed by atoms with Crippen molar-refractivity contribution < 1.29 is 8.78 Å². The van der Waals surface area contributed by atoms with Crippen LogP contribution in [0.5, 0.6) is 0 Å². The van der Waals surface area contributed by atoms with Gasteiger partial charge in [0.05, 0.1) is 16.3 Å². The number of nitrogens with one attached hydrogen (secondary N) is 1. The summed E-state index contributed by atoms with van der Waals surface area (Å²) in [5, 5.41) is 12.2. The smallest absolute Gasteiger partial charge is 0.128 e. The molecule has 0 bridgehead atoms. The molecule has 19 heavy (non-hydrogen) atoms. The van der Waals surface area contributed by atoms with Gasteiger partial charge in [0.2, 0.25) is 0 Å². The molecule has 0 fully saturated rings. The largest absolute Gasteiger partial charge is 0.380 e. The van der Waals surface area contributed by atoms with Gasteiger partial charge in [-0.05, 0) is 30.3 Å². The van der Waals surface area contributed by atoms with Crippen molar-refractivity contribution in [2.75, 3.05) is 5.32 Å². The Hall–Kier alpha value is -2.12. The molecular weight excluding hydrogens is 270 g/mol. The van der Waals surface area contributed by atoms with Crippen LogP contribution in [0.25, 0.3) is 0 Å². The van der Waals surface area contributed by atoms with Crippen LogP contribution in [-0.2, 0) is 6.54 Å². The molecule has 0 atom stereocenters. The van der Waals surface area contributed by atoms with E-state index in [4.69, 9.17) is 16.9 Å². The molecule has 0 saturated carbocycles. The van der Waals surface area contributed by atoms with E-state index < -0.39 is 11.6 Å². The van der Waals surface area contributed by atoms with Gasteiger partial charge in [-0.2, -0.15) is 5.26 Å². The van der Waals surface area contributed by atoms with Crippen molar-refractivity contribution in [3.8, 4) is 6.07 Å². The van der Waals surface area contributed by atoms with Crippen molar-refractivity contribution in [2.24, 2.45) is 0 Å². The highest BCUT2D eigenvalue weighted by molar-refractivity contribution is 6.32. The molecular formula is C14H9ClF2N2. The quantitative estimate of drug-likeness (QED) is 0.917. The van der Waals surface area contributed by atoms with E-state index in [9.17, 15) is 8.78 Å². The predicted molar refractivity (Wildman–Crippen MR) is 69.9 cm³/mol. The zero-order chi connectivity index (χ0) is 13.8. The summed E-state index contributed by atoms with van der Waals surface area (Å²) in [6.45, 7) is 0.0681. The second-order valence-corrected chi connectivity index (χ2v) is 4.27. The molecule has 0 saturated heterocycles. The Kier molecular flexibility index (Phi) is 3.98. The molecule has 2 aromatic rings. The average Bonchev–Trinajstić information content (AvgIpc) is 2.40. The Bertz CT molecular complexity index is 650. The lowest BCUT2D eigenvalue weighted by Gasteiger charge is -2.10. The first-order valence-electron chi connectivity index (χ1n) is 5.48. The Morgan fingerprint density at radius 1 is 1.21 bits per heavy atom. The lowest BCUT2D eigenvalue weighted by atomic mass is 10.1. The Balaban J connectivity index is 2.22. The van der Waals surface area contributed by atoms with Crippen molar-refractivity contribution in [3.05, 3.63) is 64.2 Å². The van der Waals surface area contributed by atoms with Gasteiger partial charge < -0.3 is 5.32 Å². The zero-order valence-corrected chi connectivity index (χ0v) is 10.5.